The number of hydrogen-bond acceptors (Lipinski definition) is 2. The van der Waals surface area contributed by atoms with Crippen molar-refractivity contribution in [2.24, 2.45) is 4.99 Å². The molecule has 4 aromatic rings. The van der Waals surface area contributed by atoms with E-state index in [0.29, 0.717) is 11.3 Å². The summed E-state index contributed by atoms with van der Waals surface area (Å²) in [6.07, 6.45) is 1.85. The maximum absolute atomic E-state index is 14.0. The van der Waals surface area contributed by atoms with Crippen LogP contribution in [0.25, 0.3) is 10.8 Å². The van der Waals surface area contributed by atoms with Gasteiger partial charge in [0.1, 0.15) is 18.2 Å². The molecule has 4 aromatic carbocycles. The highest BCUT2D eigenvalue weighted by atomic mass is 19.1. The van der Waals surface area contributed by atoms with Gasteiger partial charge in [0.05, 0.1) is 5.69 Å². The Hall–Kier alpha value is -3.46. The molecule has 0 saturated heterocycles. The number of fused-ring (bicyclic) bond motifs is 1. The van der Waals surface area contributed by atoms with Crippen LogP contribution in [-0.2, 0) is 6.61 Å². The molecule has 0 bridgehead atoms. The highest BCUT2D eigenvalue weighted by Crippen LogP contribution is 2.29. The van der Waals surface area contributed by atoms with Gasteiger partial charge in [-0.3, -0.25) is 4.99 Å². The van der Waals surface area contributed by atoms with Crippen LogP contribution in [0.3, 0.4) is 0 Å². The largest absolute Gasteiger partial charge is 0.488 e. The van der Waals surface area contributed by atoms with Crippen LogP contribution in [0.1, 0.15) is 22.3 Å². The third-order valence-electron chi connectivity index (χ3n) is 5.18. The lowest BCUT2D eigenvalue weighted by molar-refractivity contribution is 0.300. The van der Waals surface area contributed by atoms with Gasteiger partial charge >= 0.3 is 0 Å². The maximum atomic E-state index is 14.0. The summed E-state index contributed by atoms with van der Waals surface area (Å²) in [4.78, 5) is 4.74. The van der Waals surface area contributed by atoms with E-state index in [2.05, 4.69) is 32.0 Å². The first-order valence-electron chi connectivity index (χ1n) is 9.62. The van der Waals surface area contributed by atoms with Gasteiger partial charge in [0.15, 0.2) is 0 Å². The Bertz CT molecular complexity index is 1200. The molecule has 0 spiro atoms. The number of aliphatic imine (C=N–C) groups is 1. The van der Waals surface area contributed by atoms with Gasteiger partial charge in [0.25, 0.3) is 0 Å². The van der Waals surface area contributed by atoms with E-state index in [9.17, 15) is 4.39 Å². The maximum Gasteiger partial charge on any atom is 0.129 e. The first-order chi connectivity index (χ1) is 14.1. The second-order valence-corrected chi connectivity index (χ2v) is 7.06. The van der Waals surface area contributed by atoms with Gasteiger partial charge in [-0.15, -0.1) is 0 Å². The number of aryl methyl sites for hydroxylation is 1. The normalized spacial score (nSPS) is 11.3. The number of rotatable bonds is 5. The minimum absolute atomic E-state index is 0.162. The molecule has 0 aliphatic rings. The molecule has 4 rings (SSSR count). The second kappa shape index (κ2) is 8.27. The van der Waals surface area contributed by atoms with Gasteiger partial charge in [-0.25, -0.2) is 4.39 Å². The minimum atomic E-state index is -0.265. The van der Waals surface area contributed by atoms with E-state index < -0.39 is 0 Å². The molecule has 0 aliphatic carbocycles. The van der Waals surface area contributed by atoms with Crippen LogP contribution >= 0.6 is 0 Å². The molecular formula is C26H22FNO. The Labute approximate surface area is 170 Å². The summed E-state index contributed by atoms with van der Waals surface area (Å²) in [6, 6.07) is 24.8. The summed E-state index contributed by atoms with van der Waals surface area (Å²) in [6.45, 7) is 4.31. The van der Waals surface area contributed by atoms with Gasteiger partial charge in [-0.1, -0.05) is 60.7 Å². The number of hydrogen-bond donors (Lipinski definition) is 0. The number of halogens is 1. The van der Waals surface area contributed by atoms with Crippen molar-refractivity contribution in [3.05, 3.63) is 107 Å². The zero-order valence-electron chi connectivity index (χ0n) is 16.5. The molecule has 3 heteroatoms. The molecular weight excluding hydrogens is 361 g/mol. The number of nitrogens with zero attached hydrogens (tertiary/aromatic N) is 1. The Balaban J connectivity index is 1.74. The fourth-order valence-electron chi connectivity index (χ4n) is 3.32. The van der Waals surface area contributed by atoms with Gasteiger partial charge in [-0.05, 0) is 53.9 Å². The SMILES string of the molecule is Cc1cccc(N=Cc2c(OCc3ccccc3F)ccc3ccccc23)c1C. The third kappa shape index (κ3) is 4.04. The number of ether oxygens (including phenoxy) is 1. The van der Waals surface area contributed by atoms with Crippen molar-refractivity contribution in [2.45, 2.75) is 20.5 Å². The van der Waals surface area contributed by atoms with E-state index in [4.69, 9.17) is 9.73 Å². The lowest BCUT2D eigenvalue weighted by Gasteiger charge is -2.12. The lowest BCUT2D eigenvalue weighted by atomic mass is 10.0. The Morgan fingerprint density at radius 2 is 1.66 bits per heavy atom. The summed E-state index contributed by atoms with van der Waals surface area (Å²) in [5.74, 6) is 0.417. The first kappa shape index (κ1) is 18.9. The smallest absolute Gasteiger partial charge is 0.129 e. The summed E-state index contributed by atoms with van der Waals surface area (Å²) in [5, 5.41) is 2.15. The average molecular weight is 383 g/mol. The molecule has 0 aromatic heterocycles. The zero-order valence-corrected chi connectivity index (χ0v) is 16.5. The van der Waals surface area contributed by atoms with Gasteiger partial charge < -0.3 is 4.74 Å². The Morgan fingerprint density at radius 1 is 0.862 bits per heavy atom. The Kier molecular flexibility index (Phi) is 5.39. The molecule has 0 heterocycles. The minimum Gasteiger partial charge on any atom is -0.488 e. The highest BCUT2D eigenvalue weighted by Gasteiger charge is 2.09. The molecule has 0 amide bonds. The lowest BCUT2D eigenvalue weighted by Crippen LogP contribution is -2.01. The molecule has 0 N–H and O–H groups in total. The molecule has 0 radical (unpaired) electrons. The molecule has 29 heavy (non-hydrogen) atoms. The molecule has 0 aliphatic heterocycles. The second-order valence-electron chi connectivity index (χ2n) is 7.06. The third-order valence-corrected chi connectivity index (χ3v) is 5.18. The summed E-state index contributed by atoms with van der Waals surface area (Å²) >= 11 is 0. The van der Waals surface area contributed by atoms with Crippen LogP contribution in [0, 0.1) is 19.7 Å². The van der Waals surface area contributed by atoms with Crippen molar-refractivity contribution in [1.82, 2.24) is 0 Å². The molecule has 0 unspecified atom stereocenters. The van der Waals surface area contributed by atoms with E-state index >= 15 is 0 Å². The van der Waals surface area contributed by atoms with E-state index in [1.807, 2.05) is 48.7 Å². The fraction of sp³-hybridized carbons (Fsp3) is 0.115. The van der Waals surface area contributed by atoms with Crippen LogP contribution in [0.2, 0.25) is 0 Å². The van der Waals surface area contributed by atoms with Crippen LogP contribution in [0.5, 0.6) is 5.75 Å². The summed E-state index contributed by atoms with van der Waals surface area (Å²) in [7, 11) is 0. The van der Waals surface area contributed by atoms with Crippen LogP contribution in [0.15, 0.2) is 83.9 Å². The predicted molar refractivity (Wildman–Crippen MR) is 118 cm³/mol. The number of benzene rings is 4. The summed E-state index contributed by atoms with van der Waals surface area (Å²) in [5.41, 5.74) is 4.70. The van der Waals surface area contributed by atoms with Gasteiger partial charge in [0.2, 0.25) is 0 Å². The molecule has 0 atom stereocenters. The van der Waals surface area contributed by atoms with Crippen molar-refractivity contribution < 1.29 is 9.13 Å². The van der Waals surface area contributed by atoms with Crippen molar-refractivity contribution in [3.8, 4) is 5.75 Å². The van der Waals surface area contributed by atoms with Gasteiger partial charge in [-0.2, -0.15) is 0 Å². The van der Waals surface area contributed by atoms with E-state index in [1.165, 1.54) is 11.6 Å². The topological polar surface area (TPSA) is 21.6 Å². The van der Waals surface area contributed by atoms with Crippen molar-refractivity contribution >= 4 is 22.7 Å². The van der Waals surface area contributed by atoms with Crippen molar-refractivity contribution in [3.63, 3.8) is 0 Å². The fourth-order valence-corrected chi connectivity index (χ4v) is 3.32. The summed E-state index contributed by atoms with van der Waals surface area (Å²) < 4.78 is 20.0. The zero-order chi connectivity index (χ0) is 20.2. The highest BCUT2D eigenvalue weighted by molar-refractivity contribution is 6.03. The standard InChI is InChI=1S/C26H22FNO/c1-18-8-7-13-25(19(18)2)28-16-23-22-11-5-3-9-20(22)14-15-26(23)29-17-21-10-4-6-12-24(21)27/h3-16H,17H2,1-2H3. The van der Waals surface area contributed by atoms with E-state index in [0.717, 1.165) is 27.6 Å². The molecule has 2 nitrogen and oxygen atoms in total. The predicted octanol–water partition coefficient (Wildman–Crippen LogP) is 6.93. The molecule has 144 valence electrons. The Morgan fingerprint density at radius 3 is 2.52 bits per heavy atom. The van der Waals surface area contributed by atoms with E-state index in [-0.39, 0.29) is 12.4 Å². The van der Waals surface area contributed by atoms with Crippen LogP contribution in [-0.4, -0.2) is 6.21 Å². The molecule has 0 fully saturated rings. The van der Waals surface area contributed by atoms with Crippen LogP contribution in [0.4, 0.5) is 10.1 Å². The monoisotopic (exact) mass is 383 g/mol. The quantitative estimate of drug-likeness (QED) is 0.343. The molecule has 0 saturated carbocycles. The first-order valence-corrected chi connectivity index (χ1v) is 9.62. The average Bonchev–Trinajstić information content (AvgIpc) is 2.74. The van der Waals surface area contributed by atoms with Crippen LogP contribution < -0.4 is 4.74 Å². The van der Waals surface area contributed by atoms with E-state index in [1.54, 1.807) is 12.1 Å². The van der Waals surface area contributed by atoms with Crippen molar-refractivity contribution in [1.29, 1.82) is 0 Å². The van der Waals surface area contributed by atoms with Gasteiger partial charge in [0, 0.05) is 17.3 Å². The van der Waals surface area contributed by atoms with Crippen molar-refractivity contribution in [2.75, 3.05) is 0 Å².